The van der Waals surface area contributed by atoms with Gasteiger partial charge >= 0.3 is 5.69 Å². The Morgan fingerprint density at radius 1 is 0.892 bits per heavy atom. The van der Waals surface area contributed by atoms with Crippen molar-refractivity contribution in [2.45, 2.75) is 32.1 Å². The molecule has 0 aliphatic heterocycles. The number of carbonyl (C=O) groups excluding carboxylic acids is 1. The van der Waals surface area contributed by atoms with Crippen molar-refractivity contribution in [1.29, 1.82) is 0 Å². The molecule has 0 saturated carbocycles. The van der Waals surface area contributed by atoms with Gasteiger partial charge in [-0.3, -0.25) is 25.8 Å². The molecule has 4 aromatic rings. The zero-order valence-corrected chi connectivity index (χ0v) is 20.4. The number of aromatic nitrogens is 2. The maximum Gasteiger partial charge on any atom is 0.355 e. The van der Waals surface area contributed by atoms with Crippen LogP contribution in [0.3, 0.4) is 0 Å². The minimum absolute atomic E-state index is 0.0146. The highest BCUT2D eigenvalue weighted by molar-refractivity contribution is 5.88. The second kappa shape index (κ2) is 12.3. The third-order valence-electron chi connectivity index (χ3n) is 5.87. The van der Waals surface area contributed by atoms with Crippen molar-refractivity contribution in [2.24, 2.45) is 0 Å². The van der Waals surface area contributed by atoms with E-state index in [1.165, 1.54) is 11.9 Å². The second-order valence-corrected chi connectivity index (χ2v) is 8.47. The molecule has 0 fully saturated rings. The quantitative estimate of drug-likeness (QED) is 0.179. The van der Waals surface area contributed by atoms with Crippen molar-refractivity contribution in [2.75, 3.05) is 10.7 Å². The topological polar surface area (TPSA) is 122 Å². The van der Waals surface area contributed by atoms with E-state index in [0.717, 1.165) is 30.4 Å². The summed E-state index contributed by atoms with van der Waals surface area (Å²) in [6.45, 7) is 2.14. The summed E-state index contributed by atoms with van der Waals surface area (Å²) in [4.78, 5) is 32.7. The lowest BCUT2D eigenvalue weighted by Crippen LogP contribution is -2.35. The monoisotopic (exact) mass is 496 g/mol. The number of hydrazine groups is 1. The molecule has 0 saturated heterocycles. The number of hydrogen-bond acceptors (Lipinski definition) is 7. The van der Waals surface area contributed by atoms with Gasteiger partial charge in [-0.05, 0) is 41.7 Å². The standard InChI is InChI=1S/C28H28N6O3/c1-2-3-10-20-15-17-23(18-16-20)31-26-25(34(36)37)27(30-19-29-26)32-33-28(35)24(21-11-6-4-7-12-21)22-13-8-5-9-14-22/h4-9,11-19,24H,2-3,10H2,1H3,(H,33,35)(H2,29,30,31,32). The Kier molecular flexibility index (Phi) is 8.38. The predicted molar refractivity (Wildman–Crippen MR) is 144 cm³/mol. The van der Waals surface area contributed by atoms with E-state index in [2.05, 4.69) is 33.1 Å². The highest BCUT2D eigenvalue weighted by atomic mass is 16.6. The number of benzene rings is 3. The molecule has 0 radical (unpaired) electrons. The van der Waals surface area contributed by atoms with Crippen molar-refractivity contribution in [3.8, 4) is 0 Å². The minimum atomic E-state index is -0.625. The second-order valence-electron chi connectivity index (χ2n) is 8.47. The van der Waals surface area contributed by atoms with Gasteiger partial charge in [-0.2, -0.15) is 0 Å². The lowest BCUT2D eigenvalue weighted by molar-refractivity contribution is -0.383. The van der Waals surface area contributed by atoms with E-state index in [0.29, 0.717) is 5.69 Å². The van der Waals surface area contributed by atoms with Crippen molar-refractivity contribution in [1.82, 2.24) is 15.4 Å². The fraction of sp³-hybridized carbons (Fsp3) is 0.179. The molecule has 0 unspecified atom stereocenters. The number of nitrogens with one attached hydrogen (secondary N) is 3. The molecule has 0 bridgehead atoms. The Hall–Kier alpha value is -4.79. The number of nitrogens with zero attached hydrogens (tertiary/aromatic N) is 3. The van der Waals surface area contributed by atoms with Crippen molar-refractivity contribution >= 4 is 28.9 Å². The first-order chi connectivity index (χ1) is 18.1. The zero-order chi connectivity index (χ0) is 26.0. The summed E-state index contributed by atoms with van der Waals surface area (Å²) in [5.74, 6) is -1.13. The summed E-state index contributed by atoms with van der Waals surface area (Å²) in [5, 5.41) is 15.0. The molecule has 3 aromatic carbocycles. The molecule has 1 heterocycles. The first kappa shape index (κ1) is 25.3. The molecule has 0 aliphatic rings. The third kappa shape index (κ3) is 6.46. The molecule has 4 rings (SSSR count). The molecular formula is C28H28N6O3. The molecule has 1 amide bonds. The average molecular weight is 497 g/mol. The lowest BCUT2D eigenvalue weighted by atomic mass is 9.91. The SMILES string of the molecule is CCCCc1ccc(Nc2ncnc(NNC(=O)C(c3ccccc3)c3ccccc3)c2[N+](=O)[O-])cc1. The van der Waals surface area contributed by atoms with Gasteiger partial charge in [0.2, 0.25) is 17.5 Å². The zero-order valence-electron chi connectivity index (χ0n) is 20.4. The van der Waals surface area contributed by atoms with Crippen LogP contribution in [0.1, 0.15) is 42.4 Å². The number of amides is 1. The number of anilines is 3. The highest BCUT2D eigenvalue weighted by Gasteiger charge is 2.26. The van der Waals surface area contributed by atoms with Crippen LogP contribution < -0.4 is 16.2 Å². The highest BCUT2D eigenvalue weighted by Crippen LogP contribution is 2.31. The number of nitro groups is 1. The van der Waals surface area contributed by atoms with Gasteiger partial charge in [0, 0.05) is 5.69 Å². The summed E-state index contributed by atoms with van der Waals surface area (Å²) >= 11 is 0. The molecule has 188 valence electrons. The number of unbranched alkanes of at least 4 members (excludes halogenated alkanes) is 1. The molecule has 0 atom stereocenters. The summed E-state index contributed by atoms with van der Waals surface area (Å²) in [5.41, 5.74) is 8.28. The van der Waals surface area contributed by atoms with Gasteiger partial charge in [0.15, 0.2) is 0 Å². The first-order valence-electron chi connectivity index (χ1n) is 12.1. The maximum absolute atomic E-state index is 13.3. The average Bonchev–Trinajstić information content (AvgIpc) is 2.93. The van der Waals surface area contributed by atoms with Gasteiger partial charge in [0.1, 0.15) is 6.33 Å². The minimum Gasteiger partial charge on any atom is -0.334 e. The van der Waals surface area contributed by atoms with E-state index in [1.807, 2.05) is 84.9 Å². The van der Waals surface area contributed by atoms with Crippen molar-refractivity contribution < 1.29 is 9.72 Å². The fourth-order valence-electron chi connectivity index (χ4n) is 3.99. The van der Waals surface area contributed by atoms with Gasteiger partial charge in [0.05, 0.1) is 10.8 Å². The summed E-state index contributed by atoms with van der Waals surface area (Å²) in [7, 11) is 0. The largest absolute Gasteiger partial charge is 0.355 e. The first-order valence-corrected chi connectivity index (χ1v) is 12.1. The van der Waals surface area contributed by atoms with E-state index in [-0.39, 0.29) is 23.2 Å². The molecule has 9 nitrogen and oxygen atoms in total. The molecule has 9 heteroatoms. The van der Waals surface area contributed by atoms with Gasteiger partial charge in [-0.25, -0.2) is 9.97 Å². The summed E-state index contributed by atoms with van der Waals surface area (Å²) < 4.78 is 0. The number of rotatable bonds is 11. The normalized spacial score (nSPS) is 10.6. The van der Waals surface area contributed by atoms with Crippen LogP contribution in [0.5, 0.6) is 0 Å². The molecule has 1 aromatic heterocycles. The molecule has 37 heavy (non-hydrogen) atoms. The van der Waals surface area contributed by atoms with E-state index < -0.39 is 10.8 Å². The Bertz CT molecular complexity index is 1290. The smallest absolute Gasteiger partial charge is 0.334 e. The van der Waals surface area contributed by atoms with Crippen LogP contribution in [-0.4, -0.2) is 20.8 Å². The van der Waals surface area contributed by atoms with Crippen LogP contribution in [0.2, 0.25) is 0 Å². The van der Waals surface area contributed by atoms with E-state index >= 15 is 0 Å². The fourth-order valence-corrected chi connectivity index (χ4v) is 3.99. The molecule has 0 spiro atoms. The predicted octanol–water partition coefficient (Wildman–Crippen LogP) is 5.75. The summed E-state index contributed by atoms with van der Waals surface area (Å²) in [6.07, 6.45) is 4.38. The Morgan fingerprint density at radius 2 is 1.49 bits per heavy atom. The van der Waals surface area contributed by atoms with Crippen LogP contribution in [0.4, 0.5) is 23.0 Å². The van der Waals surface area contributed by atoms with Gasteiger partial charge in [-0.1, -0.05) is 86.1 Å². The molecular weight excluding hydrogens is 468 g/mol. The van der Waals surface area contributed by atoms with E-state index in [1.54, 1.807) is 0 Å². The van der Waals surface area contributed by atoms with Crippen LogP contribution in [0.25, 0.3) is 0 Å². The molecule has 3 N–H and O–H groups in total. The van der Waals surface area contributed by atoms with Gasteiger partial charge < -0.3 is 5.32 Å². The van der Waals surface area contributed by atoms with E-state index in [9.17, 15) is 14.9 Å². The van der Waals surface area contributed by atoms with Crippen LogP contribution in [0, 0.1) is 10.1 Å². The number of carbonyl (C=O) groups is 1. The maximum atomic E-state index is 13.3. The number of hydrogen-bond donors (Lipinski definition) is 3. The Morgan fingerprint density at radius 3 is 2.05 bits per heavy atom. The number of aryl methyl sites for hydroxylation is 1. The third-order valence-corrected chi connectivity index (χ3v) is 5.87. The molecule has 0 aliphatic carbocycles. The lowest BCUT2D eigenvalue weighted by Gasteiger charge is -2.18. The van der Waals surface area contributed by atoms with Gasteiger partial charge in [0.25, 0.3) is 0 Å². The van der Waals surface area contributed by atoms with Gasteiger partial charge in [-0.15, -0.1) is 0 Å². The van der Waals surface area contributed by atoms with Crippen LogP contribution in [-0.2, 0) is 11.2 Å². The summed E-state index contributed by atoms with van der Waals surface area (Å²) in [6, 6.07) is 26.3. The van der Waals surface area contributed by atoms with Crippen LogP contribution in [0.15, 0.2) is 91.3 Å². The Balaban J connectivity index is 1.54. The van der Waals surface area contributed by atoms with Crippen LogP contribution >= 0.6 is 0 Å². The van der Waals surface area contributed by atoms with Crippen molar-refractivity contribution in [3.63, 3.8) is 0 Å². The van der Waals surface area contributed by atoms with E-state index in [4.69, 9.17) is 0 Å². The Labute approximate surface area is 215 Å². The van der Waals surface area contributed by atoms with Crippen molar-refractivity contribution in [3.05, 3.63) is 118 Å².